The lowest BCUT2D eigenvalue weighted by Gasteiger charge is -2.47. The molecule has 0 aliphatic heterocycles. The summed E-state index contributed by atoms with van der Waals surface area (Å²) < 4.78 is 39.2. The number of aromatic nitrogens is 1. The van der Waals surface area contributed by atoms with E-state index in [1.807, 2.05) is 0 Å². The summed E-state index contributed by atoms with van der Waals surface area (Å²) in [5.41, 5.74) is 6.12. The highest BCUT2D eigenvalue weighted by Crippen LogP contribution is 2.55. The first-order chi connectivity index (χ1) is 15.7. The number of hydrogen-bond acceptors (Lipinski definition) is 2. The minimum Gasteiger partial charge on any atom is -0.388 e. The van der Waals surface area contributed by atoms with Gasteiger partial charge in [0.1, 0.15) is 0 Å². The SMILES string of the molecule is CC(C)c1nc2c(c(C3CCCC3)c1Cc1ccc(C(F)(F)F)cc1)C(O)CC1(CCC1)C2. The monoisotopic (exact) mass is 457 g/mol. The van der Waals surface area contributed by atoms with Crippen LogP contribution < -0.4 is 0 Å². The molecule has 3 aliphatic carbocycles. The third-order valence-corrected chi connectivity index (χ3v) is 8.38. The van der Waals surface area contributed by atoms with Crippen molar-refractivity contribution < 1.29 is 18.3 Å². The van der Waals surface area contributed by atoms with E-state index in [0.717, 1.165) is 53.8 Å². The third-order valence-electron chi connectivity index (χ3n) is 8.38. The van der Waals surface area contributed by atoms with Crippen LogP contribution in [0.2, 0.25) is 0 Å². The smallest absolute Gasteiger partial charge is 0.388 e. The average Bonchev–Trinajstić information content (AvgIpc) is 3.26. The molecule has 1 heterocycles. The predicted molar refractivity (Wildman–Crippen MR) is 123 cm³/mol. The number of nitrogens with zero attached hydrogens (tertiary/aromatic N) is 1. The van der Waals surface area contributed by atoms with E-state index in [1.54, 1.807) is 12.1 Å². The van der Waals surface area contributed by atoms with Crippen molar-refractivity contribution in [3.05, 3.63) is 63.5 Å². The number of aliphatic hydroxyl groups is 1. The Kier molecular flexibility index (Phi) is 5.83. The van der Waals surface area contributed by atoms with Crippen molar-refractivity contribution in [1.82, 2.24) is 4.98 Å². The predicted octanol–water partition coefficient (Wildman–Crippen LogP) is 7.62. The summed E-state index contributed by atoms with van der Waals surface area (Å²) in [6.07, 6.45) is 5.74. The standard InChI is InChI=1S/C28H34F3NO/c1-17(2)26-21(14-18-8-10-20(11-9-18)28(29,30)31)24(19-6-3-4-7-19)25-22(32-26)15-27(12-5-13-27)16-23(25)33/h8-11,17,19,23,33H,3-7,12-16H2,1-2H3. The van der Waals surface area contributed by atoms with E-state index in [0.29, 0.717) is 12.3 Å². The van der Waals surface area contributed by atoms with Crippen molar-refractivity contribution in [1.29, 1.82) is 0 Å². The van der Waals surface area contributed by atoms with Gasteiger partial charge in [-0.2, -0.15) is 13.2 Å². The largest absolute Gasteiger partial charge is 0.416 e. The fraction of sp³-hybridized carbons (Fsp3) is 0.607. The van der Waals surface area contributed by atoms with Gasteiger partial charge in [-0.1, -0.05) is 45.2 Å². The van der Waals surface area contributed by atoms with E-state index in [4.69, 9.17) is 4.98 Å². The van der Waals surface area contributed by atoms with E-state index < -0.39 is 17.8 Å². The zero-order valence-corrected chi connectivity index (χ0v) is 19.6. The van der Waals surface area contributed by atoms with Gasteiger partial charge in [0.05, 0.1) is 11.7 Å². The van der Waals surface area contributed by atoms with Crippen molar-refractivity contribution in [2.24, 2.45) is 5.41 Å². The zero-order chi connectivity index (χ0) is 23.4. The summed E-state index contributed by atoms with van der Waals surface area (Å²) in [6, 6.07) is 5.57. The highest BCUT2D eigenvalue weighted by molar-refractivity contribution is 5.49. The van der Waals surface area contributed by atoms with E-state index in [9.17, 15) is 18.3 Å². The summed E-state index contributed by atoms with van der Waals surface area (Å²) in [5, 5.41) is 11.4. The first-order valence-corrected chi connectivity index (χ1v) is 12.6. The van der Waals surface area contributed by atoms with Crippen LogP contribution in [-0.4, -0.2) is 10.1 Å². The molecule has 0 bridgehead atoms. The molecule has 1 atom stereocenters. The van der Waals surface area contributed by atoms with Crippen molar-refractivity contribution in [2.75, 3.05) is 0 Å². The number of pyridine rings is 1. The molecule has 1 unspecified atom stereocenters. The molecular formula is C28H34F3NO. The van der Waals surface area contributed by atoms with Gasteiger partial charge in [0.2, 0.25) is 0 Å². The summed E-state index contributed by atoms with van der Waals surface area (Å²) in [6.45, 7) is 4.31. The van der Waals surface area contributed by atoms with E-state index in [2.05, 4.69) is 13.8 Å². The summed E-state index contributed by atoms with van der Waals surface area (Å²) >= 11 is 0. The fourth-order valence-electron chi connectivity index (χ4n) is 6.59. The van der Waals surface area contributed by atoms with Crippen molar-refractivity contribution in [2.45, 2.75) is 102 Å². The van der Waals surface area contributed by atoms with Crippen LogP contribution in [0.25, 0.3) is 0 Å². The molecule has 3 aliphatic rings. The van der Waals surface area contributed by atoms with Gasteiger partial charge < -0.3 is 5.11 Å². The van der Waals surface area contributed by atoms with Crippen LogP contribution >= 0.6 is 0 Å². The second-order valence-electron chi connectivity index (χ2n) is 11.0. The third kappa shape index (κ3) is 4.22. The Bertz CT molecular complexity index is 1010. The Morgan fingerprint density at radius 2 is 1.70 bits per heavy atom. The molecule has 2 fully saturated rings. The topological polar surface area (TPSA) is 33.1 Å². The first-order valence-electron chi connectivity index (χ1n) is 12.6. The normalized spacial score (nSPS) is 22.6. The van der Waals surface area contributed by atoms with Crippen LogP contribution in [0.1, 0.15) is 122 Å². The van der Waals surface area contributed by atoms with Crippen LogP contribution in [0.4, 0.5) is 13.2 Å². The maximum atomic E-state index is 13.1. The van der Waals surface area contributed by atoms with Crippen LogP contribution in [-0.2, 0) is 19.0 Å². The van der Waals surface area contributed by atoms with Crippen LogP contribution in [0.15, 0.2) is 24.3 Å². The lowest BCUT2D eigenvalue weighted by atomic mass is 9.59. The molecule has 2 saturated carbocycles. The molecule has 1 aromatic carbocycles. The van der Waals surface area contributed by atoms with Gasteiger partial charge in [0, 0.05) is 17.0 Å². The molecule has 0 radical (unpaired) electrons. The van der Waals surface area contributed by atoms with Gasteiger partial charge in [0.15, 0.2) is 0 Å². The number of benzene rings is 1. The fourth-order valence-corrected chi connectivity index (χ4v) is 6.59. The van der Waals surface area contributed by atoms with Gasteiger partial charge in [-0.25, -0.2) is 0 Å². The molecule has 0 saturated heterocycles. The van der Waals surface area contributed by atoms with Gasteiger partial charge in [-0.05, 0) is 91.0 Å². The quantitative estimate of drug-likeness (QED) is 0.512. The molecule has 0 amide bonds. The Morgan fingerprint density at radius 1 is 1.03 bits per heavy atom. The molecule has 2 nitrogen and oxygen atoms in total. The van der Waals surface area contributed by atoms with Gasteiger partial charge in [0.25, 0.3) is 0 Å². The number of alkyl halides is 3. The van der Waals surface area contributed by atoms with E-state index in [-0.39, 0.29) is 11.3 Å². The molecule has 5 rings (SSSR count). The Hall–Kier alpha value is -1.88. The highest BCUT2D eigenvalue weighted by Gasteiger charge is 2.45. The highest BCUT2D eigenvalue weighted by atomic mass is 19.4. The Morgan fingerprint density at radius 3 is 2.24 bits per heavy atom. The second-order valence-corrected chi connectivity index (χ2v) is 11.0. The Labute approximate surface area is 194 Å². The first kappa shape index (κ1) is 22.9. The lowest BCUT2D eigenvalue weighted by molar-refractivity contribution is -0.137. The van der Waals surface area contributed by atoms with Gasteiger partial charge in [-0.3, -0.25) is 4.98 Å². The summed E-state index contributed by atoms with van der Waals surface area (Å²) in [5.74, 6) is 0.630. The van der Waals surface area contributed by atoms with E-state index >= 15 is 0 Å². The van der Waals surface area contributed by atoms with Crippen molar-refractivity contribution in [3.8, 4) is 0 Å². The molecule has 1 N–H and O–H groups in total. The van der Waals surface area contributed by atoms with Crippen molar-refractivity contribution >= 4 is 0 Å². The number of hydrogen-bond donors (Lipinski definition) is 1. The maximum absolute atomic E-state index is 13.1. The van der Waals surface area contributed by atoms with Crippen LogP contribution in [0.5, 0.6) is 0 Å². The summed E-state index contributed by atoms with van der Waals surface area (Å²) in [7, 11) is 0. The second kappa shape index (κ2) is 8.41. The number of rotatable bonds is 4. The minimum absolute atomic E-state index is 0.218. The number of halogens is 3. The molecule has 1 aromatic heterocycles. The molecular weight excluding hydrogens is 423 g/mol. The molecule has 33 heavy (non-hydrogen) atoms. The summed E-state index contributed by atoms with van der Waals surface area (Å²) in [4.78, 5) is 5.19. The van der Waals surface area contributed by atoms with Crippen LogP contribution in [0, 0.1) is 5.41 Å². The van der Waals surface area contributed by atoms with Crippen molar-refractivity contribution in [3.63, 3.8) is 0 Å². The molecule has 5 heteroatoms. The maximum Gasteiger partial charge on any atom is 0.416 e. The Balaban J connectivity index is 1.62. The minimum atomic E-state index is -4.33. The lowest BCUT2D eigenvalue weighted by Crippen LogP contribution is -2.38. The van der Waals surface area contributed by atoms with E-state index in [1.165, 1.54) is 49.8 Å². The number of fused-ring (bicyclic) bond motifs is 1. The molecule has 178 valence electrons. The van der Waals surface area contributed by atoms with Gasteiger partial charge in [-0.15, -0.1) is 0 Å². The molecule has 2 aromatic rings. The molecule has 1 spiro atoms. The number of aliphatic hydroxyl groups excluding tert-OH is 1. The zero-order valence-electron chi connectivity index (χ0n) is 19.6. The average molecular weight is 458 g/mol. The van der Waals surface area contributed by atoms with Gasteiger partial charge >= 0.3 is 6.18 Å². The van der Waals surface area contributed by atoms with Crippen LogP contribution in [0.3, 0.4) is 0 Å².